The molecule has 1 aromatic carbocycles. The summed E-state index contributed by atoms with van der Waals surface area (Å²) in [5.74, 6) is -0.199. The zero-order valence-electron chi connectivity index (χ0n) is 13.1. The molecule has 3 aromatic rings. The SMILES string of the molecule is CN(C)C(=O)c1cc(-c2cnc3[nH]cc(C=O)c3c2Cl)ccc1N. The second-order valence-corrected chi connectivity index (χ2v) is 5.95. The van der Waals surface area contributed by atoms with Gasteiger partial charge in [0.2, 0.25) is 0 Å². The molecule has 122 valence electrons. The minimum atomic E-state index is -0.199. The van der Waals surface area contributed by atoms with Crippen molar-refractivity contribution in [1.29, 1.82) is 0 Å². The van der Waals surface area contributed by atoms with Crippen LogP contribution < -0.4 is 5.73 Å². The van der Waals surface area contributed by atoms with E-state index in [9.17, 15) is 9.59 Å². The van der Waals surface area contributed by atoms with Gasteiger partial charge in [0.25, 0.3) is 5.91 Å². The van der Waals surface area contributed by atoms with Gasteiger partial charge in [-0.1, -0.05) is 17.7 Å². The molecule has 0 saturated carbocycles. The lowest BCUT2D eigenvalue weighted by Gasteiger charge is -2.14. The predicted molar refractivity (Wildman–Crippen MR) is 94.4 cm³/mol. The van der Waals surface area contributed by atoms with Crippen molar-refractivity contribution in [3.05, 3.63) is 46.7 Å². The lowest BCUT2D eigenvalue weighted by atomic mass is 10.0. The van der Waals surface area contributed by atoms with Crippen LogP contribution in [-0.2, 0) is 0 Å². The Kier molecular flexibility index (Phi) is 3.99. The Morgan fingerprint density at radius 3 is 2.79 bits per heavy atom. The van der Waals surface area contributed by atoms with E-state index in [4.69, 9.17) is 17.3 Å². The van der Waals surface area contributed by atoms with E-state index in [-0.39, 0.29) is 5.91 Å². The summed E-state index contributed by atoms with van der Waals surface area (Å²) < 4.78 is 0. The van der Waals surface area contributed by atoms with Crippen LogP contribution in [0.2, 0.25) is 5.02 Å². The summed E-state index contributed by atoms with van der Waals surface area (Å²) in [7, 11) is 3.32. The molecule has 3 N–H and O–H groups in total. The fourth-order valence-electron chi connectivity index (χ4n) is 2.52. The molecular formula is C17H15ClN4O2. The van der Waals surface area contributed by atoms with Crippen molar-refractivity contribution in [2.45, 2.75) is 0 Å². The Hall–Kier alpha value is -2.86. The molecule has 2 aromatic heterocycles. The van der Waals surface area contributed by atoms with Crippen molar-refractivity contribution >= 4 is 40.5 Å². The number of carbonyl (C=O) groups excluding carboxylic acids is 2. The zero-order valence-corrected chi connectivity index (χ0v) is 13.9. The molecule has 2 heterocycles. The number of aromatic nitrogens is 2. The monoisotopic (exact) mass is 342 g/mol. The van der Waals surface area contributed by atoms with Crippen molar-refractivity contribution in [1.82, 2.24) is 14.9 Å². The number of hydrogen-bond donors (Lipinski definition) is 2. The highest BCUT2D eigenvalue weighted by Crippen LogP contribution is 2.35. The van der Waals surface area contributed by atoms with Crippen LogP contribution in [0.15, 0.2) is 30.6 Å². The summed E-state index contributed by atoms with van der Waals surface area (Å²) in [4.78, 5) is 32.1. The number of benzene rings is 1. The van der Waals surface area contributed by atoms with Crippen molar-refractivity contribution < 1.29 is 9.59 Å². The van der Waals surface area contributed by atoms with Gasteiger partial charge in [-0.15, -0.1) is 0 Å². The number of nitrogens with zero attached hydrogens (tertiary/aromatic N) is 2. The smallest absolute Gasteiger partial charge is 0.255 e. The van der Waals surface area contributed by atoms with Gasteiger partial charge in [-0.25, -0.2) is 4.98 Å². The largest absolute Gasteiger partial charge is 0.398 e. The molecule has 0 atom stereocenters. The minimum Gasteiger partial charge on any atom is -0.398 e. The first-order valence-electron chi connectivity index (χ1n) is 7.16. The molecule has 7 heteroatoms. The van der Waals surface area contributed by atoms with Gasteiger partial charge in [0, 0.05) is 48.7 Å². The molecule has 6 nitrogen and oxygen atoms in total. The Labute approximate surface area is 143 Å². The number of halogens is 1. The number of rotatable bonds is 3. The van der Waals surface area contributed by atoms with Gasteiger partial charge in [0.15, 0.2) is 6.29 Å². The van der Waals surface area contributed by atoms with Crippen molar-refractivity contribution in [3.63, 3.8) is 0 Å². The van der Waals surface area contributed by atoms with E-state index in [1.54, 1.807) is 44.7 Å². The van der Waals surface area contributed by atoms with Crippen molar-refractivity contribution in [2.75, 3.05) is 19.8 Å². The molecule has 24 heavy (non-hydrogen) atoms. The third-order valence-corrected chi connectivity index (χ3v) is 4.19. The molecule has 3 rings (SSSR count). The number of amides is 1. The van der Waals surface area contributed by atoms with Gasteiger partial charge in [-0.3, -0.25) is 9.59 Å². The second kappa shape index (κ2) is 5.98. The number of aldehydes is 1. The number of H-pyrrole nitrogens is 1. The molecule has 0 aliphatic heterocycles. The first-order valence-corrected chi connectivity index (χ1v) is 7.54. The Morgan fingerprint density at radius 2 is 2.12 bits per heavy atom. The van der Waals surface area contributed by atoms with Crippen LogP contribution in [0.25, 0.3) is 22.2 Å². The molecule has 0 radical (unpaired) electrons. The molecule has 0 bridgehead atoms. The number of carbonyl (C=O) groups is 2. The molecule has 0 unspecified atom stereocenters. The van der Waals surface area contributed by atoms with E-state index in [2.05, 4.69) is 9.97 Å². The summed E-state index contributed by atoms with van der Waals surface area (Å²) >= 11 is 6.49. The lowest BCUT2D eigenvalue weighted by molar-refractivity contribution is 0.0828. The molecule has 0 fully saturated rings. The molecule has 0 saturated heterocycles. The van der Waals surface area contributed by atoms with Crippen LogP contribution in [0, 0.1) is 0 Å². The average Bonchev–Trinajstić information content (AvgIpc) is 2.99. The first-order chi connectivity index (χ1) is 11.4. The maximum absolute atomic E-state index is 12.3. The fourth-order valence-corrected chi connectivity index (χ4v) is 2.88. The molecule has 0 spiro atoms. The fraction of sp³-hybridized carbons (Fsp3) is 0.118. The van der Waals surface area contributed by atoms with E-state index < -0.39 is 0 Å². The van der Waals surface area contributed by atoms with Crippen LogP contribution in [0.1, 0.15) is 20.7 Å². The van der Waals surface area contributed by atoms with Gasteiger partial charge >= 0.3 is 0 Å². The van der Waals surface area contributed by atoms with E-state index >= 15 is 0 Å². The maximum atomic E-state index is 12.3. The third-order valence-electron chi connectivity index (χ3n) is 3.80. The lowest BCUT2D eigenvalue weighted by Crippen LogP contribution is -2.22. The molecule has 1 amide bonds. The van der Waals surface area contributed by atoms with Gasteiger partial charge in [-0.2, -0.15) is 0 Å². The Balaban J connectivity index is 2.21. The summed E-state index contributed by atoms with van der Waals surface area (Å²) in [6, 6.07) is 5.10. The normalized spacial score (nSPS) is 10.8. The van der Waals surface area contributed by atoms with Crippen LogP contribution in [0.5, 0.6) is 0 Å². The number of nitrogens with one attached hydrogen (secondary N) is 1. The number of fused-ring (bicyclic) bond motifs is 1. The highest BCUT2D eigenvalue weighted by molar-refractivity contribution is 6.39. The number of hydrogen-bond acceptors (Lipinski definition) is 4. The maximum Gasteiger partial charge on any atom is 0.255 e. The topological polar surface area (TPSA) is 92.1 Å². The number of nitrogen functional groups attached to an aromatic ring is 1. The van der Waals surface area contributed by atoms with E-state index in [1.165, 1.54) is 4.90 Å². The molecule has 0 aliphatic rings. The third kappa shape index (κ3) is 2.51. The highest BCUT2D eigenvalue weighted by atomic mass is 35.5. The minimum absolute atomic E-state index is 0.199. The van der Waals surface area contributed by atoms with Gasteiger partial charge in [0.1, 0.15) is 5.65 Å². The molecular weight excluding hydrogens is 328 g/mol. The van der Waals surface area contributed by atoms with Crippen molar-refractivity contribution in [2.24, 2.45) is 0 Å². The summed E-state index contributed by atoms with van der Waals surface area (Å²) in [5, 5.41) is 0.956. The number of anilines is 1. The Bertz CT molecular complexity index is 963. The molecule has 0 aliphatic carbocycles. The van der Waals surface area contributed by atoms with E-state index in [0.29, 0.717) is 44.0 Å². The van der Waals surface area contributed by atoms with Gasteiger partial charge < -0.3 is 15.6 Å². The number of nitrogens with two attached hydrogens (primary N) is 1. The van der Waals surface area contributed by atoms with E-state index in [1.807, 2.05) is 0 Å². The first kappa shape index (κ1) is 16.0. The quantitative estimate of drug-likeness (QED) is 0.565. The summed E-state index contributed by atoms with van der Waals surface area (Å²) in [6.07, 6.45) is 3.88. The Morgan fingerprint density at radius 1 is 1.38 bits per heavy atom. The average molecular weight is 343 g/mol. The van der Waals surface area contributed by atoms with Gasteiger partial charge in [-0.05, 0) is 17.7 Å². The number of pyridine rings is 1. The van der Waals surface area contributed by atoms with Crippen LogP contribution in [0.3, 0.4) is 0 Å². The second-order valence-electron chi connectivity index (χ2n) is 5.57. The van der Waals surface area contributed by atoms with Crippen molar-refractivity contribution in [3.8, 4) is 11.1 Å². The van der Waals surface area contributed by atoms with E-state index in [0.717, 1.165) is 6.29 Å². The van der Waals surface area contributed by atoms with Crippen LogP contribution in [0.4, 0.5) is 5.69 Å². The van der Waals surface area contributed by atoms with Crippen LogP contribution >= 0.6 is 11.6 Å². The standard InChI is InChI=1S/C17H15ClN4O2/c1-22(2)17(24)11-5-9(3-4-13(11)19)12-7-21-16-14(15(12)18)10(8-23)6-20-16/h3-8H,19H2,1-2H3,(H,20,21). The van der Waals surface area contributed by atoms with Crippen LogP contribution in [-0.4, -0.2) is 41.2 Å². The van der Waals surface area contributed by atoms with Gasteiger partial charge in [0.05, 0.1) is 10.6 Å². The summed E-state index contributed by atoms with van der Waals surface area (Å²) in [6.45, 7) is 0. The number of aromatic amines is 1. The zero-order chi connectivity index (χ0) is 17.4. The summed E-state index contributed by atoms with van der Waals surface area (Å²) in [5.41, 5.74) is 8.98. The predicted octanol–water partition coefficient (Wildman–Crippen LogP) is 2.98. The highest BCUT2D eigenvalue weighted by Gasteiger charge is 2.17.